The molecule has 12 nitrogen and oxygen atoms in total. The van der Waals surface area contributed by atoms with Crippen molar-refractivity contribution in [2.75, 3.05) is 0 Å². The molecule has 0 atom stereocenters. The fourth-order valence-corrected chi connectivity index (χ4v) is 21.6. The summed E-state index contributed by atoms with van der Waals surface area (Å²) in [7, 11) is 0. The molecule has 148 heavy (non-hydrogen) atoms. The highest BCUT2D eigenvalue weighted by Gasteiger charge is 2.24. The summed E-state index contributed by atoms with van der Waals surface area (Å²) in [4.78, 5) is 62.6. The zero-order valence-corrected chi connectivity index (χ0v) is 79.7. The third-order valence-electron chi connectivity index (χ3n) is 29.0. The van der Waals surface area contributed by atoms with Crippen LogP contribution in [0.15, 0.2) is 498 Å². The first-order valence-corrected chi connectivity index (χ1v) is 49.7. The molecule has 12 heteroatoms. The van der Waals surface area contributed by atoms with Crippen molar-refractivity contribution in [3.8, 4) is 192 Å². The number of hydrogen-bond donors (Lipinski definition) is 0. The van der Waals surface area contributed by atoms with E-state index in [1.165, 1.54) is 97.0 Å². The molecular weight excluding hydrogens is 1800 g/mol. The Bertz CT molecular complexity index is 10100. The van der Waals surface area contributed by atoms with Crippen LogP contribution in [0.25, 0.3) is 299 Å². The molecule has 0 radical (unpaired) electrons. The van der Waals surface area contributed by atoms with E-state index in [-0.39, 0.29) is 0 Å². The van der Waals surface area contributed by atoms with E-state index in [1.807, 2.05) is 73.2 Å². The van der Waals surface area contributed by atoms with Crippen LogP contribution in [0.2, 0.25) is 0 Å². The maximum Gasteiger partial charge on any atom is 0.164 e. The van der Waals surface area contributed by atoms with E-state index < -0.39 is 0 Å². The number of pyridine rings is 3. The summed E-state index contributed by atoms with van der Waals surface area (Å²) in [5, 5.41) is 24.3. The van der Waals surface area contributed by atoms with Gasteiger partial charge in [-0.05, 0) is 219 Å². The van der Waals surface area contributed by atoms with Gasteiger partial charge in [0.05, 0.1) is 11.4 Å². The van der Waals surface area contributed by atoms with Crippen LogP contribution in [0.4, 0.5) is 0 Å². The van der Waals surface area contributed by atoms with Crippen LogP contribution < -0.4 is 0 Å². The van der Waals surface area contributed by atoms with Crippen molar-refractivity contribution in [3.63, 3.8) is 0 Å². The van der Waals surface area contributed by atoms with E-state index in [0.29, 0.717) is 52.4 Å². The SMILES string of the molecule is c1ccc(-c2nc(-c3ccc(-c4ccc5c6ccccc6c6ccccc6c5c4)cc3)nc(-c3ccc(-c4cnc(-c5cccc(-c6nc(-c7ccc(-c8ccc9c%10ccccc%10c%10ccccc%10c9c8)cc7)nc(-c7cccc(-c8ccnc(-c9cccc(-c%10nc(-c%11ccc(-c%12ccc%13c%14ccccc%14c%14ccccc%14c%13c%12)cc%11)nc(-c%11cccc(-c%12cccnc%12)c%11)n%10)c9)c8)c7)n6)c5)c5ccccc45)cc3)n2)cc1. The molecule has 0 aliphatic carbocycles. The molecule has 0 unspecified atom stereocenters. The Labute approximate surface area is 851 Å². The summed E-state index contributed by atoms with van der Waals surface area (Å²) in [5.74, 6) is 4.88. The predicted octanol–water partition coefficient (Wildman–Crippen LogP) is 34.3. The Morgan fingerprint density at radius 2 is 0.358 bits per heavy atom. The van der Waals surface area contributed by atoms with Gasteiger partial charge in [-0.2, -0.15) is 0 Å². The van der Waals surface area contributed by atoms with E-state index in [2.05, 4.69) is 424 Å². The van der Waals surface area contributed by atoms with Crippen molar-refractivity contribution < 1.29 is 0 Å². The Balaban J connectivity index is 0.500. The predicted molar refractivity (Wildman–Crippen MR) is 607 cm³/mol. The number of fused-ring (bicyclic) bond motifs is 19. The van der Waals surface area contributed by atoms with Gasteiger partial charge in [0.25, 0.3) is 0 Å². The summed E-state index contributed by atoms with van der Waals surface area (Å²) in [6, 6.07) is 167. The Morgan fingerprint density at radius 1 is 0.115 bits per heavy atom. The first-order valence-electron chi connectivity index (χ1n) is 49.7. The van der Waals surface area contributed by atoms with Gasteiger partial charge in [-0.15, -0.1) is 0 Å². The van der Waals surface area contributed by atoms with Gasteiger partial charge in [0.15, 0.2) is 52.4 Å². The van der Waals surface area contributed by atoms with Crippen LogP contribution in [0.1, 0.15) is 0 Å². The number of nitrogens with zero attached hydrogens (tertiary/aromatic N) is 12. The third kappa shape index (κ3) is 15.6. The fraction of sp³-hybridized carbons (Fsp3) is 0. The molecule has 22 aromatic carbocycles. The first-order chi connectivity index (χ1) is 73.3. The van der Waals surface area contributed by atoms with E-state index >= 15 is 0 Å². The molecule has 28 rings (SSSR count). The van der Waals surface area contributed by atoms with E-state index in [4.69, 9.17) is 54.8 Å². The minimum atomic E-state index is 0.504. The Hall–Kier alpha value is -20.1. The van der Waals surface area contributed by atoms with Crippen LogP contribution in [0.3, 0.4) is 0 Å². The van der Waals surface area contributed by atoms with Gasteiger partial charge in [-0.3, -0.25) is 15.0 Å². The average molecular weight is 1880 g/mol. The highest BCUT2D eigenvalue weighted by atomic mass is 15.1. The lowest BCUT2D eigenvalue weighted by molar-refractivity contribution is 1.07. The third-order valence-corrected chi connectivity index (χ3v) is 29.0. The summed E-state index contributed by atoms with van der Waals surface area (Å²) < 4.78 is 0. The number of hydrogen-bond acceptors (Lipinski definition) is 12. The highest BCUT2D eigenvalue weighted by Crippen LogP contribution is 2.46. The van der Waals surface area contributed by atoms with Crippen molar-refractivity contribution in [1.29, 1.82) is 0 Å². The minimum absolute atomic E-state index is 0.504. The van der Waals surface area contributed by atoms with Crippen molar-refractivity contribution in [2.24, 2.45) is 0 Å². The van der Waals surface area contributed by atoms with Gasteiger partial charge in [-0.25, -0.2) is 44.9 Å². The van der Waals surface area contributed by atoms with Gasteiger partial charge in [0, 0.05) is 102 Å². The van der Waals surface area contributed by atoms with E-state index in [1.54, 1.807) is 6.20 Å². The molecule has 6 heterocycles. The second-order valence-electron chi connectivity index (χ2n) is 37.7. The van der Waals surface area contributed by atoms with Crippen LogP contribution in [-0.2, 0) is 0 Å². The molecule has 686 valence electrons. The Kier molecular flexibility index (Phi) is 21.0. The van der Waals surface area contributed by atoms with Gasteiger partial charge in [-0.1, -0.05) is 413 Å². The summed E-state index contributed by atoms with van der Waals surface area (Å²) in [5.41, 5.74) is 23.4. The van der Waals surface area contributed by atoms with E-state index in [9.17, 15) is 0 Å². The zero-order chi connectivity index (χ0) is 97.6. The van der Waals surface area contributed by atoms with Gasteiger partial charge >= 0.3 is 0 Å². The maximum atomic E-state index is 5.46. The van der Waals surface area contributed by atoms with Crippen molar-refractivity contribution >= 4 is 108 Å². The molecule has 28 aromatic rings. The molecule has 0 saturated heterocycles. The fourth-order valence-electron chi connectivity index (χ4n) is 21.6. The average Bonchev–Trinajstić information content (AvgIpc) is 0.744. The molecule has 0 bridgehead atoms. The van der Waals surface area contributed by atoms with Gasteiger partial charge in [0.2, 0.25) is 0 Å². The summed E-state index contributed by atoms with van der Waals surface area (Å²) in [6.45, 7) is 0. The summed E-state index contributed by atoms with van der Waals surface area (Å²) >= 11 is 0. The molecule has 0 saturated carbocycles. The lowest BCUT2D eigenvalue weighted by Crippen LogP contribution is -2.01. The second-order valence-corrected chi connectivity index (χ2v) is 37.7. The molecule has 0 aliphatic heterocycles. The molecule has 0 spiro atoms. The lowest BCUT2D eigenvalue weighted by Gasteiger charge is -2.14. The normalized spacial score (nSPS) is 11.6. The molecule has 0 N–H and O–H groups in total. The lowest BCUT2D eigenvalue weighted by atomic mass is 9.92. The highest BCUT2D eigenvalue weighted by molar-refractivity contribution is 6.28. The number of aromatic nitrogens is 12. The first kappa shape index (κ1) is 85.9. The number of rotatable bonds is 17. The standard InChI is InChI=1S/C136H82N12/c1-2-23-87(24-3-1)128-140-129(88-56-48-83(49-57-88)94-64-67-118-111-40-7-4-34-105(111)108-37-10-13-43-114(108)122(118)77-94)142-130(141-128)91-62-54-86(55-63-91)125-82-139-127(121-47-17-16-46-117(121)125)99-28-21-32-103(76-99)136-146-132(90-60-52-85(53-61-90)96-66-69-120-113-42-9-6-36-107(113)110-39-12-15-45-116(110)124(120)79-96)143-133(148-136)100-29-18-25-92(73-100)97-70-72-138-126(80-97)98-27-20-31-102(75-98)135-145-131(144-134(147-135)101-30-19-26-93(74-101)104-33-22-71-137-81-104)89-58-50-84(51-59-89)95-65-68-119-112-41-8-5-35-106(112)109-38-11-14-44-115(109)123(119)78-95/h1-82H. The monoisotopic (exact) mass is 1880 g/mol. The molecule has 6 aromatic heterocycles. The minimum Gasteiger partial charge on any atom is -0.264 e. The largest absolute Gasteiger partial charge is 0.264 e. The zero-order valence-electron chi connectivity index (χ0n) is 79.7. The molecule has 0 aliphatic rings. The van der Waals surface area contributed by atoms with Gasteiger partial charge < -0.3 is 0 Å². The molecule has 0 amide bonds. The van der Waals surface area contributed by atoms with Gasteiger partial charge in [0.1, 0.15) is 0 Å². The van der Waals surface area contributed by atoms with Crippen LogP contribution in [0, 0.1) is 0 Å². The van der Waals surface area contributed by atoms with Crippen molar-refractivity contribution in [2.45, 2.75) is 0 Å². The quantitative estimate of drug-likeness (QED) is 0.0797. The van der Waals surface area contributed by atoms with Crippen LogP contribution in [-0.4, -0.2) is 59.8 Å². The molecule has 0 fully saturated rings. The molecular formula is C136H82N12. The second kappa shape index (κ2) is 36.2. The van der Waals surface area contributed by atoms with Crippen LogP contribution in [0.5, 0.6) is 0 Å². The van der Waals surface area contributed by atoms with Crippen molar-refractivity contribution in [1.82, 2.24) is 59.8 Å². The smallest absolute Gasteiger partial charge is 0.164 e. The summed E-state index contributed by atoms with van der Waals surface area (Å²) in [6.07, 6.45) is 7.53. The van der Waals surface area contributed by atoms with Crippen LogP contribution >= 0.6 is 0 Å². The van der Waals surface area contributed by atoms with Crippen molar-refractivity contribution in [3.05, 3.63) is 498 Å². The van der Waals surface area contributed by atoms with E-state index in [0.717, 1.165) is 150 Å². The Morgan fingerprint density at radius 3 is 0.723 bits per heavy atom. The number of benzene rings is 22. The topological polar surface area (TPSA) is 155 Å². The maximum absolute atomic E-state index is 5.46.